The van der Waals surface area contributed by atoms with Crippen LogP contribution >= 0.6 is 0 Å². The Labute approximate surface area is 137 Å². The van der Waals surface area contributed by atoms with Gasteiger partial charge in [0.15, 0.2) is 0 Å². The van der Waals surface area contributed by atoms with Gasteiger partial charge in [-0.15, -0.1) is 0 Å². The fourth-order valence-electron chi connectivity index (χ4n) is 2.82. The average Bonchev–Trinajstić information content (AvgIpc) is 2.56. The molecule has 0 spiro atoms. The lowest BCUT2D eigenvalue weighted by molar-refractivity contribution is -0.136. The Hall–Kier alpha value is -1.47. The maximum atomic E-state index is 13.3. The molecule has 0 saturated carbocycles. The minimum absolute atomic E-state index is 0.00127. The maximum absolute atomic E-state index is 13.3. The molecule has 1 aromatic carbocycles. The molecule has 1 fully saturated rings. The van der Waals surface area contributed by atoms with E-state index in [0.29, 0.717) is 13.1 Å². The Morgan fingerprint density at radius 3 is 2.30 bits per heavy atom. The van der Waals surface area contributed by atoms with Crippen LogP contribution in [0.25, 0.3) is 0 Å². The summed E-state index contributed by atoms with van der Waals surface area (Å²) >= 11 is 0. The molecule has 0 aliphatic carbocycles. The van der Waals surface area contributed by atoms with Crippen LogP contribution in [0.3, 0.4) is 0 Å². The smallest absolute Gasteiger partial charge is 0.243 e. The van der Waals surface area contributed by atoms with Crippen LogP contribution in [0.15, 0.2) is 29.2 Å². The Bertz CT molecular complexity index is 651. The molecule has 128 valence electrons. The molecular weight excluding hydrogens is 319 g/mol. The van der Waals surface area contributed by atoms with Crippen LogP contribution in [0.5, 0.6) is 0 Å². The van der Waals surface area contributed by atoms with Gasteiger partial charge in [0.25, 0.3) is 0 Å². The van der Waals surface area contributed by atoms with E-state index in [1.165, 1.54) is 22.5 Å². The van der Waals surface area contributed by atoms with Crippen molar-refractivity contribution in [1.82, 2.24) is 9.21 Å². The van der Waals surface area contributed by atoms with Crippen molar-refractivity contribution in [2.24, 2.45) is 5.92 Å². The first kappa shape index (κ1) is 17.9. The molecule has 1 heterocycles. The van der Waals surface area contributed by atoms with Gasteiger partial charge in [0.2, 0.25) is 15.9 Å². The second-order valence-electron chi connectivity index (χ2n) is 5.70. The van der Waals surface area contributed by atoms with E-state index in [-0.39, 0.29) is 29.8 Å². The van der Waals surface area contributed by atoms with Crippen LogP contribution in [-0.4, -0.2) is 49.7 Å². The summed E-state index contributed by atoms with van der Waals surface area (Å²) in [6.07, 6.45) is 1.58. The molecule has 1 amide bonds. The van der Waals surface area contributed by atoms with E-state index in [0.717, 1.165) is 18.9 Å². The number of piperazine rings is 1. The van der Waals surface area contributed by atoms with Gasteiger partial charge in [-0.3, -0.25) is 4.79 Å². The quantitative estimate of drug-likeness (QED) is 0.823. The molecule has 0 radical (unpaired) electrons. The molecule has 23 heavy (non-hydrogen) atoms. The number of carbonyl (C=O) groups excluding carboxylic acids is 1. The van der Waals surface area contributed by atoms with E-state index >= 15 is 0 Å². The van der Waals surface area contributed by atoms with E-state index < -0.39 is 15.8 Å². The highest BCUT2D eigenvalue weighted by atomic mass is 32.2. The summed E-state index contributed by atoms with van der Waals surface area (Å²) in [5, 5.41) is 0. The number of sulfonamides is 1. The fraction of sp³-hybridized carbons (Fsp3) is 0.562. The van der Waals surface area contributed by atoms with Gasteiger partial charge in [-0.1, -0.05) is 19.9 Å². The van der Waals surface area contributed by atoms with Gasteiger partial charge in [0.1, 0.15) is 5.82 Å². The van der Waals surface area contributed by atoms with Gasteiger partial charge >= 0.3 is 0 Å². The van der Waals surface area contributed by atoms with Crippen LogP contribution in [0.4, 0.5) is 4.39 Å². The minimum atomic E-state index is -3.71. The second kappa shape index (κ2) is 7.40. The highest BCUT2D eigenvalue weighted by Crippen LogP contribution is 2.20. The van der Waals surface area contributed by atoms with Gasteiger partial charge < -0.3 is 4.90 Å². The second-order valence-corrected chi connectivity index (χ2v) is 7.64. The first-order chi connectivity index (χ1) is 10.9. The lowest BCUT2D eigenvalue weighted by Crippen LogP contribution is -2.51. The highest BCUT2D eigenvalue weighted by Gasteiger charge is 2.31. The zero-order valence-electron chi connectivity index (χ0n) is 13.5. The molecule has 0 N–H and O–H groups in total. The largest absolute Gasteiger partial charge is 0.340 e. The first-order valence-electron chi connectivity index (χ1n) is 7.94. The van der Waals surface area contributed by atoms with Crippen molar-refractivity contribution in [3.63, 3.8) is 0 Å². The minimum Gasteiger partial charge on any atom is -0.340 e. The monoisotopic (exact) mass is 342 g/mol. The normalized spacial score (nSPS) is 16.8. The third-order valence-corrected chi connectivity index (χ3v) is 6.21. The number of rotatable bonds is 5. The summed E-state index contributed by atoms with van der Waals surface area (Å²) in [5.74, 6) is -0.479. The third-order valence-electron chi connectivity index (χ3n) is 4.32. The Morgan fingerprint density at radius 2 is 1.78 bits per heavy atom. The number of carbonyl (C=O) groups is 1. The third kappa shape index (κ3) is 3.90. The predicted octanol–water partition coefficient (Wildman–Crippen LogP) is 2.09. The SMILES string of the molecule is CCC(CC)C(=O)N1CCN(S(=O)(=O)c2cccc(F)c2)CC1. The molecule has 7 heteroatoms. The van der Waals surface area contributed by atoms with Crippen LogP contribution in [0.2, 0.25) is 0 Å². The summed E-state index contributed by atoms with van der Waals surface area (Å²) in [7, 11) is -3.71. The number of nitrogens with zero attached hydrogens (tertiary/aromatic N) is 2. The molecule has 1 aliphatic rings. The van der Waals surface area contributed by atoms with Crippen molar-refractivity contribution < 1.29 is 17.6 Å². The van der Waals surface area contributed by atoms with Gasteiger partial charge in [-0.25, -0.2) is 12.8 Å². The average molecular weight is 342 g/mol. The lowest BCUT2D eigenvalue weighted by Gasteiger charge is -2.35. The van der Waals surface area contributed by atoms with Crippen LogP contribution < -0.4 is 0 Å². The predicted molar refractivity (Wildman–Crippen MR) is 85.8 cm³/mol. The van der Waals surface area contributed by atoms with Gasteiger partial charge in [-0.2, -0.15) is 4.31 Å². The van der Waals surface area contributed by atoms with Crippen LogP contribution in [0, 0.1) is 11.7 Å². The Balaban J connectivity index is 2.05. The van der Waals surface area contributed by atoms with Crippen LogP contribution in [0.1, 0.15) is 26.7 Å². The van der Waals surface area contributed by atoms with E-state index in [1.54, 1.807) is 4.90 Å². The Kier molecular flexibility index (Phi) is 5.75. The van der Waals surface area contributed by atoms with Crippen molar-refractivity contribution in [3.05, 3.63) is 30.1 Å². The van der Waals surface area contributed by atoms with Crippen molar-refractivity contribution in [2.75, 3.05) is 26.2 Å². The summed E-state index contributed by atoms with van der Waals surface area (Å²) in [6, 6.07) is 5.01. The highest BCUT2D eigenvalue weighted by molar-refractivity contribution is 7.89. The summed E-state index contributed by atoms with van der Waals surface area (Å²) in [4.78, 5) is 14.0. The molecule has 0 unspecified atom stereocenters. The number of amides is 1. The molecule has 0 atom stereocenters. The van der Waals surface area contributed by atoms with E-state index in [2.05, 4.69) is 0 Å². The topological polar surface area (TPSA) is 57.7 Å². The molecule has 2 rings (SSSR count). The van der Waals surface area contributed by atoms with Gasteiger partial charge in [0, 0.05) is 32.1 Å². The number of halogens is 1. The van der Waals surface area contributed by atoms with E-state index in [4.69, 9.17) is 0 Å². The lowest BCUT2D eigenvalue weighted by atomic mass is 10.0. The van der Waals surface area contributed by atoms with Gasteiger partial charge in [-0.05, 0) is 31.0 Å². The molecule has 1 aliphatic heterocycles. The molecule has 1 aromatic rings. The Morgan fingerprint density at radius 1 is 1.17 bits per heavy atom. The number of benzene rings is 1. The van der Waals surface area contributed by atoms with Crippen molar-refractivity contribution in [1.29, 1.82) is 0 Å². The number of hydrogen-bond acceptors (Lipinski definition) is 3. The summed E-state index contributed by atoms with van der Waals surface area (Å²) in [6.45, 7) is 5.21. The zero-order chi connectivity index (χ0) is 17.0. The first-order valence-corrected chi connectivity index (χ1v) is 9.38. The zero-order valence-corrected chi connectivity index (χ0v) is 14.4. The number of hydrogen-bond donors (Lipinski definition) is 0. The standard InChI is InChI=1S/C16H23FN2O3S/c1-3-13(4-2)16(20)18-8-10-19(11-9-18)23(21,22)15-7-5-6-14(17)12-15/h5-7,12-13H,3-4,8-11H2,1-2H3. The van der Waals surface area contributed by atoms with E-state index in [1.807, 2.05) is 13.8 Å². The van der Waals surface area contributed by atoms with Crippen molar-refractivity contribution >= 4 is 15.9 Å². The molecule has 0 aromatic heterocycles. The van der Waals surface area contributed by atoms with Crippen LogP contribution in [-0.2, 0) is 14.8 Å². The summed E-state index contributed by atoms with van der Waals surface area (Å²) in [5.41, 5.74) is 0. The van der Waals surface area contributed by atoms with Crippen molar-refractivity contribution in [3.8, 4) is 0 Å². The molecule has 0 bridgehead atoms. The molecule has 1 saturated heterocycles. The summed E-state index contributed by atoms with van der Waals surface area (Å²) < 4.78 is 39.6. The van der Waals surface area contributed by atoms with Gasteiger partial charge in [0.05, 0.1) is 4.90 Å². The van der Waals surface area contributed by atoms with E-state index in [9.17, 15) is 17.6 Å². The van der Waals surface area contributed by atoms with Crippen molar-refractivity contribution in [2.45, 2.75) is 31.6 Å². The molecular formula is C16H23FN2O3S. The molecule has 5 nitrogen and oxygen atoms in total. The fourth-order valence-corrected chi connectivity index (χ4v) is 4.28. The maximum Gasteiger partial charge on any atom is 0.243 e.